The molecule has 1 aromatic rings. The molecule has 1 N–H and O–H groups in total. The molecule has 11 heavy (non-hydrogen) atoms. The number of pyridine rings is 1. The van der Waals surface area contributed by atoms with Gasteiger partial charge in [0, 0.05) is 6.20 Å². The number of aromatic nitrogens is 1. The predicted molar refractivity (Wildman–Crippen MR) is 39.9 cm³/mol. The van der Waals surface area contributed by atoms with Crippen molar-refractivity contribution < 1.29 is 5.11 Å². The van der Waals surface area contributed by atoms with Crippen molar-refractivity contribution in [1.29, 1.82) is 5.26 Å². The Balaban J connectivity index is 3.12. The van der Waals surface area contributed by atoms with E-state index >= 15 is 0 Å². The van der Waals surface area contributed by atoms with Crippen molar-refractivity contribution >= 4 is 11.6 Å². The highest BCUT2D eigenvalue weighted by Gasteiger charge is 2.00. The van der Waals surface area contributed by atoms with Crippen molar-refractivity contribution in [3.63, 3.8) is 0 Å². The van der Waals surface area contributed by atoms with E-state index in [1.807, 2.05) is 6.07 Å². The molecule has 3 nitrogen and oxygen atoms in total. The lowest BCUT2D eigenvalue weighted by Gasteiger charge is -1.96. The third kappa shape index (κ3) is 1.67. The van der Waals surface area contributed by atoms with Crippen LogP contribution in [0.2, 0.25) is 5.02 Å². The Morgan fingerprint density at radius 2 is 2.45 bits per heavy atom. The van der Waals surface area contributed by atoms with Gasteiger partial charge in [0.2, 0.25) is 0 Å². The van der Waals surface area contributed by atoms with Crippen molar-refractivity contribution in [3.8, 4) is 6.07 Å². The summed E-state index contributed by atoms with van der Waals surface area (Å²) in [4.78, 5) is 3.77. The second-order valence-electron chi connectivity index (χ2n) is 1.93. The summed E-state index contributed by atoms with van der Waals surface area (Å²) in [5.41, 5.74) is 0.790. The third-order valence-corrected chi connectivity index (χ3v) is 1.51. The van der Waals surface area contributed by atoms with Gasteiger partial charge in [-0.1, -0.05) is 11.6 Å². The number of hydrogen-bond donors (Lipinski definition) is 1. The molecule has 0 bridgehead atoms. The molecule has 0 radical (unpaired) electrons. The zero-order valence-corrected chi connectivity index (χ0v) is 6.34. The van der Waals surface area contributed by atoms with Crippen LogP contribution >= 0.6 is 11.6 Å². The Labute approximate surface area is 68.9 Å². The van der Waals surface area contributed by atoms with Crippen LogP contribution in [0.3, 0.4) is 0 Å². The van der Waals surface area contributed by atoms with Crippen molar-refractivity contribution in [3.05, 3.63) is 28.5 Å². The largest absolute Gasteiger partial charge is 0.390 e. The van der Waals surface area contributed by atoms with Crippen LogP contribution in [0.15, 0.2) is 12.3 Å². The van der Waals surface area contributed by atoms with Crippen LogP contribution in [0.1, 0.15) is 11.3 Å². The molecule has 0 amide bonds. The molecule has 0 aliphatic carbocycles. The van der Waals surface area contributed by atoms with Gasteiger partial charge >= 0.3 is 0 Å². The van der Waals surface area contributed by atoms with E-state index in [1.54, 1.807) is 0 Å². The highest BCUT2D eigenvalue weighted by atomic mass is 35.5. The molecule has 0 aromatic carbocycles. The third-order valence-electron chi connectivity index (χ3n) is 1.19. The maximum Gasteiger partial charge on any atom is 0.102 e. The number of aliphatic hydroxyl groups excluding tert-OH is 1. The molecule has 0 saturated carbocycles. The smallest absolute Gasteiger partial charge is 0.102 e. The van der Waals surface area contributed by atoms with E-state index in [9.17, 15) is 0 Å². The first kappa shape index (κ1) is 7.99. The van der Waals surface area contributed by atoms with Gasteiger partial charge in [-0.2, -0.15) is 5.26 Å². The van der Waals surface area contributed by atoms with Gasteiger partial charge in [0.1, 0.15) is 6.07 Å². The molecule has 0 spiro atoms. The number of rotatable bonds is 1. The van der Waals surface area contributed by atoms with E-state index in [4.69, 9.17) is 22.0 Å². The zero-order valence-electron chi connectivity index (χ0n) is 5.58. The summed E-state index contributed by atoms with van der Waals surface area (Å²) in [5, 5.41) is 17.4. The minimum Gasteiger partial charge on any atom is -0.390 e. The second kappa shape index (κ2) is 3.33. The summed E-state index contributed by atoms with van der Waals surface area (Å²) in [5.74, 6) is 0. The van der Waals surface area contributed by atoms with Gasteiger partial charge in [0.15, 0.2) is 0 Å². The standard InChI is InChI=1S/C7H5ClN2O/c8-7-1-6(4-11)10-3-5(7)2-9/h1,3,11H,4H2. The molecule has 1 rings (SSSR count). The molecular weight excluding hydrogens is 164 g/mol. The lowest BCUT2D eigenvalue weighted by molar-refractivity contribution is 0.277. The van der Waals surface area contributed by atoms with Crippen LogP contribution in [0.25, 0.3) is 0 Å². The molecule has 0 saturated heterocycles. The number of hydrogen-bond acceptors (Lipinski definition) is 3. The summed E-state index contributed by atoms with van der Waals surface area (Å²) >= 11 is 5.63. The van der Waals surface area contributed by atoms with Crippen LogP contribution in [0.5, 0.6) is 0 Å². The van der Waals surface area contributed by atoms with Crippen molar-refractivity contribution in [1.82, 2.24) is 4.98 Å². The second-order valence-corrected chi connectivity index (χ2v) is 2.33. The molecule has 0 atom stereocenters. The summed E-state index contributed by atoms with van der Waals surface area (Å²) in [6, 6.07) is 3.34. The van der Waals surface area contributed by atoms with Crippen molar-refractivity contribution in [2.45, 2.75) is 6.61 Å². The summed E-state index contributed by atoms with van der Waals surface area (Å²) in [7, 11) is 0. The monoisotopic (exact) mass is 168 g/mol. The number of aliphatic hydroxyl groups is 1. The van der Waals surface area contributed by atoms with E-state index in [0.717, 1.165) is 0 Å². The van der Waals surface area contributed by atoms with Gasteiger partial charge in [-0.05, 0) is 6.07 Å². The van der Waals surface area contributed by atoms with E-state index in [2.05, 4.69) is 4.98 Å². The van der Waals surface area contributed by atoms with Gasteiger partial charge in [0.05, 0.1) is 22.9 Å². The Hall–Kier alpha value is -1.11. The van der Waals surface area contributed by atoms with Crippen molar-refractivity contribution in [2.24, 2.45) is 0 Å². The number of nitrogens with zero attached hydrogens (tertiary/aromatic N) is 2. The Morgan fingerprint density at radius 3 is 2.91 bits per heavy atom. The maximum absolute atomic E-state index is 8.62. The van der Waals surface area contributed by atoms with Gasteiger partial charge in [-0.25, -0.2) is 0 Å². The first-order valence-corrected chi connectivity index (χ1v) is 3.31. The normalized spacial score (nSPS) is 9.18. The van der Waals surface area contributed by atoms with Crippen LogP contribution in [0.4, 0.5) is 0 Å². The molecule has 0 fully saturated rings. The minimum atomic E-state index is -0.161. The Morgan fingerprint density at radius 1 is 1.73 bits per heavy atom. The molecule has 1 heterocycles. The van der Waals surface area contributed by atoms with E-state index in [0.29, 0.717) is 16.3 Å². The highest BCUT2D eigenvalue weighted by molar-refractivity contribution is 6.31. The lowest BCUT2D eigenvalue weighted by Crippen LogP contribution is -1.89. The van der Waals surface area contributed by atoms with Crippen LogP contribution in [0, 0.1) is 11.3 Å². The van der Waals surface area contributed by atoms with E-state index < -0.39 is 0 Å². The summed E-state index contributed by atoms with van der Waals surface area (Å²) in [6.45, 7) is -0.161. The number of halogens is 1. The average molecular weight is 169 g/mol. The van der Waals surface area contributed by atoms with E-state index in [1.165, 1.54) is 12.3 Å². The fourth-order valence-electron chi connectivity index (χ4n) is 0.639. The van der Waals surface area contributed by atoms with E-state index in [-0.39, 0.29) is 6.61 Å². The quantitative estimate of drug-likeness (QED) is 0.683. The molecule has 0 aliphatic rings. The molecule has 4 heteroatoms. The molecule has 0 unspecified atom stereocenters. The van der Waals surface area contributed by atoms with Gasteiger partial charge < -0.3 is 5.11 Å². The van der Waals surface area contributed by atoms with Gasteiger partial charge in [0.25, 0.3) is 0 Å². The topological polar surface area (TPSA) is 56.9 Å². The minimum absolute atomic E-state index is 0.161. The zero-order chi connectivity index (χ0) is 8.27. The first-order valence-electron chi connectivity index (χ1n) is 2.93. The fourth-order valence-corrected chi connectivity index (χ4v) is 0.856. The van der Waals surface area contributed by atoms with Crippen LogP contribution in [-0.4, -0.2) is 10.1 Å². The molecule has 1 aromatic heterocycles. The molecule has 0 aliphatic heterocycles. The predicted octanol–water partition coefficient (Wildman–Crippen LogP) is 1.10. The Kier molecular flexibility index (Phi) is 2.42. The number of nitriles is 1. The van der Waals surface area contributed by atoms with Crippen molar-refractivity contribution in [2.75, 3.05) is 0 Å². The first-order chi connectivity index (χ1) is 5.27. The maximum atomic E-state index is 8.62. The molecule has 56 valence electrons. The molecular formula is C7H5ClN2O. The van der Waals surface area contributed by atoms with Crippen LogP contribution in [-0.2, 0) is 6.61 Å². The SMILES string of the molecule is N#Cc1cnc(CO)cc1Cl. The van der Waals surface area contributed by atoms with Gasteiger partial charge in [-0.15, -0.1) is 0 Å². The Bertz CT molecular complexity index is 306. The van der Waals surface area contributed by atoms with Crippen LogP contribution < -0.4 is 0 Å². The average Bonchev–Trinajstić information content (AvgIpc) is 2.04. The lowest BCUT2D eigenvalue weighted by atomic mass is 10.3. The summed E-state index contributed by atoms with van der Waals surface area (Å²) < 4.78 is 0. The fraction of sp³-hybridized carbons (Fsp3) is 0.143. The highest BCUT2D eigenvalue weighted by Crippen LogP contribution is 2.14. The summed E-state index contributed by atoms with van der Waals surface area (Å²) in [6.07, 6.45) is 1.34. The van der Waals surface area contributed by atoms with Gasteiger partial charge in [-0.3, -0.25) is 4.98 Å².